The molecule has 4 nitrogen and oxygen atoms in total. The lowest BCUT2D eigenvalue weighted by molar-refractivity contribution is 0.374. The van der Waals surface area contributed by atoms with Gasteiger partial charge in [-0.2, -0.15) is 0 Å². The van der Waals surface area contributed by atoms with E-state index < -0.39 is 13.9 Å². The lowest BCUT2D eigenvalue weighted by Crippen LogP contribution is -1.80. The van der Waals surface area contributed by atoms with Crippen molar-refractivity contribution in [3.63, 3.8) is 0 Å². The van der Waals surface area contributed by atoms with Gasteiger partial charge < -0.3 is 9.79 Å². The van der Waals surface area contributed by atoms with Gasteiger partial charge in [0.05, 0.1) is 0 Å². The zero-order valence-corrected chi connectivity index (χ0v) is 5.01. The van der Waals surface area contributed by atoms with Crippen LogP contribution in [-0.2, 0) is 4.57 Å². The van der Waals surface area contributed by atoms with E-state index in [2.05, 4.69) is 11.6 Å². The van der Waals surface area contributed by atoms with Crippen molar-refractivity contribution in [2.75, 3.05) is 6.29 Å². The molecule has 0 fully saturated rings. The van der Waals surface area contributed by atoms with E-state index in [4.69, 9.17) is 9.79 Å². The van der Waals surface area contributed by atoms with Crippen molar-refractivity contribution >= 4 is 13.5 Å². The molecular weight excluding hydrogens is 129 g/mol. The van der Waals surface area contributed by atoms with Crippen molar-refractivity contribution in [2.45, 2.75) is 0 Å². The standard InChI is InChI=1S/C3H6NO3P/c1-2-4-3-8(5,6)7/h1,3H2,(H2,5,6,7). The van der Waals surface area contributed by atoms with Crippen molar-refractivity contribution in [3.05, 3.63) is 6.58 Å². The van der Waals surface area contributed by atoms with Gasteiger partial charge in [0.2, 0.25) is 0 Å². The van der Waals surface area contributed by atoms with Crippen LogP contribution in [0.2, 0.25) is 0 Å². The molecule has 0 spiro atoms. The van der Waals surface area contributed by atoms with Crippen LogP contribution >= 0.6 is 7.60 Å². The van der Waals surface area contributed by atoms with E-state index in [0.29, 0.717) is 0 Å². The highest BCUT2D eigenvalue weighted by atomic mass is 31.2. The Morgan fingerprint density at radius 3 is 2.38 bits per heavy atom. The van der Waals surface area contributed by atoms with Gasteiger partial charge in [-0.25, -0.2) is 4.99 Å². The molecule has 0 aromatic heterocycles. The van der Waals surface area contributed by atoms with E-state index >= 15 is 0 Å². The summed E-state index contributed by atoms with van der Waals surface area (Å²) >= 11 is 0. The summed E-state index contributed by atoms with van der Waals surface area (Å²) in [6.07, 6.45) is -0.517. The molecule has 0 aliphatic heterocycles. The second-order valence-electron chi connectivity index (χ2n) is 1.12. The van der Waals surface area contributed by atoms with Crippen LogP contribution in [0.1, 0.15) is 0 Å². The number of hydrogen-bond acceptors (Lipinski definition) is 2. The van der Waals surface area contributed by atoms with Crippen LogP contribution in [0.25, 0.3) is 0 Å². The molecule has 8 heavy (non-hydrogen) atoms. The monoisotopic (exact) mass is 135 g/mol. The minimum atomic E-state index is -3.95. The molecule has 0 amide bonds. The number of rotatable bonds is 2. The normalized spacial score (nSPS) is 10.2. The third-order valence-electron chi connectivity index (χ3n) is 0.367. The number of hydrogen-bond donors (Lipinski definition) is 2. The van der Waals surface area contributed by atoms with Gasteiger partial charge in [0.25, 0.3) is 0 Å². The maximum atomic E-state index is 9.92. The fourth-order valence-corrected chi connectivity index (χ4v) is 0.426. The zero-order chi connectivity index (χ0) is 6.62. The third-order valence-corrected chi connectivity index (χ3v) is 0.877. The predicted octanol–water partition coefficient (Wildman–Crippen LogP) is -0.0227. The molecule has 0 unspecified atom stereocenters. The maximum absolute atomic E-state index is 9.92. The highest BCUT2D eigenvalue weighted by Crippen LogP contribution is 2.33. The Morgan fingerprint density at radius 1 is 1.75 bits per heavy atom. The molecule has 0 saturated carbocycles. The van der Waals surface area contributed by atoms with Gasteiger partial charge in [-0.1, -0.05) is 0 Å². The Kier molecular flexibility index (Phi) is 2.66. The first-order valence-corrected chi connectivity index (χ1v) is 3.59. The molecular formula is C3H6NO3P. The van der Waals surface area contributed by atoms with Gasteiger partial charge >= 0.3 is 7.60 Å². The van der Waals surface area contributed by atoms with Crippen LogP contribution in [0.4, 0.5) is 0 Å². The van der Waals surface area contributed by atoms with E-state index in [1.54, 1.807) is 0 Å². The highest BCUT2D eigenvalue weighted by molar-refractivity contribution is 7.51. The Bertz CT molecular complexity index is 154. The summed E-state index contributed by atoms with van der Waals surface area (Å²) in [6.45, 7) is 3.03. The number of nitrogens with zero attached hydrogens (tertiary/aromatic N) is 1. The van der Waals surface area contributed by atoms with Gasteiger partial charge in [0.1, 0.15) is 6.29 Å². The van der Waals surface area contributed by atoms with Crippen LogP contribution in [0.3, 0.4) is 0 Å². The van der Waals surface area contributed by atoms with Gasteiger partial charge in [0, 0.05) is 0 Å². The minimum absolute atomic E-state index is 0.517. The summed E-state index contributed by atoms with van der Waals surface area (Å²) in [5.74, 6) is 2.01. The van der Waals surface area contributed by atoms with Gasteiger partial charge in [-0.15, -0.1) is 0 Å². The van der Waals surface area contributed by atoms with Crippen LogP contribution in [0.5, 0.6) is 0 Å². The molecule has 0 aliphatic carbocycles. The van der Waals surface area contributed by atoms with Crippen molar-refractivity contribution in [1.29, 1.82) is 0 Å². The molecule has 0 heterocycles. The quantitative estimate of drug-likeness (QED) is 0.412. The maximum Gasteiger partial charge on any atom is 0.347 e. The third kappa shape index (κ3) is 5.60. The largest absolute Gasteiger partial charge is 0.347 e. The van der Waals surface area contributed by atoms with Crippen molar-refractivity contribution in [3.8, 4) is 0 Å². The Morgan fingerprint density at radius 2 is 2.25 bits per heavy atom. The van der Waals surface area contributed by atoms with Gasteiger partial charge in [-0.05, 0) is 12.4 Å². The van der Waals surface area contributed by atoms with E-state index in [9.17, 15) is 4.57 Å². The first kappa shape index (κ1) is 7.60. The molecule has 2 N–H and O–H groups in total. The summed E-state index contributed by atoms with van der Waals surface area (Å²) in [4.78, 5) is 19.3. The topological polar surface area (TPSA) is 69.9 Å². The minimum Gasteiger partial charge on any atom is -0.323 e. The summed E-state index contributed by atoms with van der Waals surface area (Å²) in [5, 5.41) is 0. The van der Waals surface area contributed by atoms with Crippen molar-refractivity contribution in [2.24, 2.45) is 4.99 Å². The fourth-order valence-electron chi connectivity index (χ4n) is 0.142. The second-order valence-corrected chi connectivity index (χ2v) is 2.73. The summed E-state index contributed by atoms with van der Waals surface area (Å²) in [5.41, 5.74) is 0. The molecule has 0 aliphatic rings. The SMILES string of the molecule is C=C=NCP(=O)(O)O. The van der Waals surface area contributed by atoms with E-state index in [0.717, 1.165) is 0 Å². The van der Waals surface area contributed by atoms with Gasteiger partial charge in [-0.3, -0.25) is 4.57 Å². The van der Waals surface area contributed by atoms with Crippen molar-refractivity contribution in [1.82, 2.24) is 0 Å². The molecule has 46 valence electrons. The average molecular weight is 135 g/mol. The lowest BCUT2D eigenvalue weighted by atomic mass is 11.1. The first-order valence-electron chi connectivity index (χ1n) is 1.79. The first-order chi connectivity index (χ1) is 3.56. The predicted molar refractivity (Wildman–Crippen MR) is 30.0 cm³/mol. The molecule has 0 radical (unpaired) electrons. The summed E-state index contributed by atoms with van der Waals surface area (Å²) in [7, 11) is -3.95. The van der Waals surface area contributed by atoms with Crippen LogP contribution in [0, 0.1) is 0 Å². The Balaban J connectivity index is 3.74. The number of aliphatic imine (C=N–C) groups is 1. The van der Waals surface area contributed by atoms with Crippen molar-refractivity contribution < 1.29 is 14.4 Å². The Hall–Kier alpha value is -0.400. The zero-order valence-electron chi connectivity index (χ0n) is 4.11. The van der Waals surface area contributed by atoms with Crippen LogP contribution in [-0.4, -0.2) is 21.9 Å². The smallest absolute Gasteiger partial charge is 0.323 e. The molecule has 0 rings (SSSR count). The fraction of sp³-hybridized carbons (Fsp3) is 0.333. The average Bonchev–Trinajstić information content (AvgIpc) is 1.59. The lowest BCUT2D eigenvalue weighted by Gasteiger charge is -1.93. The van der Waals surface area contributed by atoms with Gasteiger partial charge in [0.15, 0.2) is 0 Å². The summed E-state index contributed by atoms with van der Waals surface area (Å²) in [6, 6.07) is 0. The molecule has 0 bridgehead atoms. The molecule has 0 atom stereocenters. The van der Waals surface area contributed by atoms with E-state index in [-0.39, 0.29) is 0 Å². The second kappa shape index (κ2) is 2.80. The van der Waals surface area contributed by atoms with Crippen LogP contribution in [0.15, 0.2) is 11.6 Å². The molecule has 5 heteroatoms. The molecule has 0 aromatic rings. The summed E-state index contributed by atoms with van der Waals surface area (Å²) < 4.78 is 9.92. The molecule has 0 aromatic carbocycles. The van der Waals surface area contributed by atoms with E-state index in [1.165, 1.54) is 0 Å². The molecule has 0 saturated heterocycles. The Labute approximate surface area is 46.7 Å². The van der Waals surface area contributed by atoms with E-state index in [1.807, 2.05) is 5.87 Å². The highest BCUT2D eigenvalue weighted by Gasteiger charge is 2.09. The van der Waals surface area contributed by atoms with Crippen LogP contribution < -0.4 is 0 Å².